The molecule has 0 radical (unpaired) electrons. The van der Waals surface area contributed by atoms with Crippen LogP contribution in [0.2, 0.25) is 0 Å². The first kappa shape index (κ1) is 14.1. The molecule has 1 aromatic heterocycles. The van der Waals surface area contributed by atoms with E-state index >= 15 is 0 Å². The number of hydrogen-bond acceptors (Lipinski definition) is 3. The molecule has 3 rings (SSSR count). The number of carbonyl (C=O) groups excluding carboxylic acids is 1. The average molecular weight is 292 g/mol. The maximum atomic E-state index is 12.4. The van der Waals surface area contributed by atoms with Crippen LogP contribution in [-0.4, -0.2) is 18.0 Å². The molecule has 0 saturated carbocycles. The van der Waals surface area contributed by atoms with Crippen molar-refractivity contribution in [1.82, 2.24) is 4.98 Å². The summed E-state index contributed by atoms with van der Waals surface area (Å²) in [6, 6.07) is 14.9. The van der Waals surface area contributed by atoms with E-state index in [4.69, 9.17) is 4.74 Å². The molecule has 2 aromatic carbocycles. The number of hydrogen-bond donors (Lipinski definition) is 1. The summed E-state index contributed by atoms with van der Waals surface area (Å²) >= 11 is 0. The van der Waals surface area contributed by atoms with Crippen molar-refractivity contribution < 1.29 is 9.53 Å². The van der Waals surface area contributed by atoms with Crippen LogP contribution in [-0.2, 0) is 0 Å². The fourth-order valence-electron chi connectivity index (χ4n) is 2.38. The van der Waals surface area contributed by atoms with Gasteiger partial charge >= 0.3 is 0 Å². The molecular weight excluding hydrogens is 276 g/mol. The van der Waals surface area contributed by atoms with Gasteiger partial charge in [-0.25, -0.2) is 0 Å². The molecule has 0 unspecified atom stereocenters. The van der Waals surface area contributed by atoms with Gasteiger partial charge in [-0.1, -0.05) is 18.2 Å². The van der Waals surface area contributed by atoms with Crippen LogP contribution >= 0.6 is 0 Å². The van der Waals surface area contributed by atoms with Crippen molar-refractivity contribution in [2.45, 2.75) is 6.92 Å². The second-order valence-corrected chi connectivity index (χ2v) is 5.00. The van der Waals surface area contributed by atoms with Gasteiger partial charge < -0.3 is 10.1 Å². The predicted octanol–water partition coefficient (Wildman–Crippen LogP) is 3.80. The minimum absolute atomic E-state index is 0.143. The molecule has 0 saturated heterocycles. The zero-order valence-electron chi connectivity index (χ0n) is 12.5. The molecule has 0 bridgehead atoms. The summed E-state index contributed by atoms with van der Waals surface area (Å²) in [5.74, 6) is 0.573. The van der Waals surface area contributed by atoms with Crippen LogP contribution in [0.25, 0.3) is 10.9 Å². The Kier molecular flexibility index (Phi) is 3.74. The zero-order chi connectivity index (χ0) is 15.5. The summed E-state index contributed by atoms with van der Waals surface area (Å²) in [7, 11) is 1.61. The molecule has 0 fully saturated rings. The fourth-order valence-corrected chi connectivity index (χ4v) is 2.38. The molecule has 1 heterocycles. The molecule has 4 heteroatoms. The Morgan fingerprint density at radius 3 is 2.64 bits per heavy atom. The van der Waals surface area contributed by atoms with Gasteiger partial charge in [0, 0.05) is 22.2 Å². The largest absolute Gasteiger partial charge is 0.495 e. The Labute approximate surface area is 128 Å². The lowest BCUT2D eigenvalue weighted by Crippen LogP contribution is -2.11. The summed E-state index contributed by atoms with van der Waals surface area (Å²) in [5, 5.41) is 3.80. The number of ether oxygens (including phenoxy) is 1. The molecule has 0 aliphatic carbocycles. The van der Waals surface area contributed by atoms with E-state index in [9.17, 15) is 4.79 Å². The van der Waals surface area contributed by atoms with Gasteiger partial charge in [-0.15, -0.1) is 0 Å². The molecule has 1 N–H and O–H groups in total. The monoisotopic (exact) mass is 292 g/mol. The van der Waals surface area contributed by atoms with E-state index in [1.807, 2.05) is 49.4 Å². The third kappa shape index (κ3) is 2.63. The number of aryl methyl sites for hydroxylation is 1. The van der Waals surface area contributed by atoms with Gasteiger partial charge in [0.2, 0.25) is 0 Å². The minimum Gasteiger partial charge on any atom is -0.495 e. The van der Waals surface area contributed by atoms with Crippen molar-refractivity contribution in [3.63, 3.8) is 0 Å². The number of para-hydroxylation sites is 1. The molecule has 0 aliphatic rings. The van der Waals surface area contributed by atoms with Gasteiger partial charge in [0.15, 0.2) is 0 Å². The standard InChI is InChI=1S/C18H16N2O2/c1-12-15-10-13(8-9-16(15)19-11-17(12)22-2)18(21)20-14-6-4-3-5-7-14/h3-11H,1-2H3,(H,20,21). The van der Waals surface area contributed by atoms with Crippen molar-refractivity contribution in [2.24, 2.45) is 0 Å². The van der Waals surface area contributed by atoms with Crippen molar-refractivity contribution in [3.05, 3.63) is 65.9 Å². The lowest BCUT2D eigenvalue weighted by molar-refractivity contribution is 0.102. The van der Waals surface area contributed by atoms with Crippen LogP contribution < -0.4 is 10.1 Å². The van der Waals surface area contributed by atoms with E-state index in [0.29, 0.717) is 11.3 Å². The van der Waals surface area contributed by atoms with Gasteiger partial charge in [-0.3, -0.25) is 9.78 Å². The van der Waals surface area contributed by atoms with Crippen LogP contribution in [0.4, 0.5) is 5.69 Å². The second kappa shape index (κ2) is 5.85. The molecular formula is C18H16N2O2. The van der Waals surface area contributed by atoms with Crippen LogP contribution in [0.1, 0.15) is 15.9 Å². The molecule has 110 valence electrons. The van der Waals surface area contributed by atoms with Crippen LogP contribution in [0.5, 0.6) is 5.75 Å². The smallest absolute Gasteiger partial charge is 0.255 e. The van der Waals surface area contributed by atoms with E-state index < -0.39 is 0 Å². The molecule has 22 heavy (non-hydrogen) atoms. The van der Waals surface area contributed by atoms with Crippen LogP contribution in [0.3, 0.4) is 0 Å². The highest BCUT2D eigenvalue weighted by Crippen LogP contribution is 2.26. The number of pyridine rings is 1. The van der Waals surface area contributed by atoms with E-state index in [0.717, 1.165) is 22.2 Å². The first-order valence-electron chi connectivity index (χ1n) is 6.99. The summed E-state index contributed by atoms with van der Waals surface area (Å²) in [6.07, 6.45) is 1.70. The third-order valence-electron chi connectivity index (χ3n) is 3.60. The van der Waals surface area contributed by atoms with Gasteiger partial charge in [0.25, 0.3) is 5.91 Å². The number of benzene rings is 2. The number of methoxy groups -OCH3 is 1. The highest BCUT2D eigenvalue weighted by Gasteiger charge is 2.10. The minimum atomic E-state index is -0.143. The normalized spacial score (nSPS) is 10.5. The molecule has 0 atom stereocenters. The number of fused-ring (bicyclic) bond motifs is 1. The van der Waals surface area contributed by atoms with Crippen molar-refractivity contribution in [2.75, 3.05) is 12.4 Å². The highest BCUT2D eigenvalue weighted by molar-refractivity contribution is 6.06. The quantitative estimate of drug-likeness (QED) is 0.798. The first-order valence-corrected chi connectivity index (χ1v) is 6.99. The average Bonchev–Trinajstić information content (AvgIpc) is 2.56. The molecule has 0 spiro atoms. The Morgan fingerprint density at radius 1 is 1.14 bits per heavy atom. The third-order valence-corrected chi connectivity index (χ3v) is 3.60. The van der Waals surface area contributed by atoms with Gasteiger partial charge in [0.1, 0.15) is 5.75 Å². The molecule has 1 amide bonds. The Morgan fingerprint density at radius 2 is 1.91 bits per heavy atom. The second-order valence-electron chi connectivity index (χ2n) is 5.00. The number of aromatic nitrogens is 1. The summed E-state index contributed by atoms with van der Waals surface area (Å²) in [5.41, 5.74) is 3.18. The lowest BCUT2D eigenvalue weighted by Gasteiger charge is -2.09. The number of nitrogens with zero attached hydrogens (tertiary/aromatic N) is 1. The first-order chi connectivity index (χ1) is 10.7. The van der Waals surface area contributed by atoms with Gasteiger partial charge in [-0.05, 0) is 37.3 Å². The maximum absolute atomic E-state index is 12.4. The SMILES string of the molecule is COc1cnc2ccc(C(=O)Nc3ccccc3)cc2c1C. The van der Waals surface area contributed by atoms with Crippen LogP contribution in [0, 0.1) is 6.92 Å². The Balaban J connectivity index is 1.97. The molecule has 4 nitrogen and oxygen atoms in total. The van der Waals surface area contributed by atoms with E-state index in [1.54, 1.807) is 19.4 Å². The van der Waals surface area contributed by atoms with Crippen molar-refractivity contribution in [1.29, 1.82) is 0 Å². The van der Waals surface area contributed by atoms with E-state index in [1.165, 1.54) is 0 Å². The van der Waals surface area contributed by atoms with Crippen LogP contribution in [0.15, 0.2) is 54.7 Å². The highest BCUT2D eigenvalue weighted by atomic mass is 16.5. The summed E-state index contributed by atoms with van der Waals surface area (Å²) in [4.78, 5) is 16.7. The zero-order valence-corrected chi connectivity index (χ0v) is 12.5. The number of amides is 1. The van der Waals surface area contributed by atoms with Crippen molar-refractivity contribution in [3.8, 4) is 5.75 Å². The van der Waals surface area contributed by atoms with Gasteiger partial charge in [-0.2, -0.15) is 0 Å². The maximum Gasteiger partial charge on any atom is 0.255 e. The topological polar surface area (TPSA) is 51.2 Å². The summed E-state index contributed by atoms with van der Waals surface area (Å²) in [6.45, 7) is 1.96. The Bertz CT molecular complexity index is 829. The fraction of sp³-hybridized carbons (Fsp3) is 0.111. The Hall–Kier alpha value is -2.88. The van der Waals surface area contributed by atoms with Crippen molar-refractivity contribution >= 4 is 22.5 Å². The molecule has 3 aromatic rings. The lowest BCUT2D eigenvalue weighted by atomic mass is 10.1. The number of anilines is 1. The number of rotatable bonds is 3. The van der Waals surface area contributed by atoms with E-state index in [-0.39, 0.29) is 5.91 Å². The number of carbonyl (C=O) groups is 1. The van der Waals surface area contributed by atoms with E-state index in [2.05, 4.69) is 10.3 Å². The number of nitrogens with one attached hydrogen (secondary N) is 1. The van der Waals surface area contributed by atoms with Gasteiger partial charge in [0.05, 0.1) is 18.8 Å². The predicted molar refractivity (Wildman–Crippen MR) is 87.4 cm³/mol. The summed E-state index contributed by atoms with van der Waals surface area (Å²) < 4.78 is 5.29. The molecule has 0 aliphatic heterocycles.